The molecule has 0 aromatic heterocycles. The summed E-state index contributed by atoms with van der Waals surface area (Å²) in [4.78, 5) is 0. The predicted octanol–water partition coefficient (Wildman–Crippen LogP) is 4.77. The van der Waals surface area contributed by atoms with Crippen LogP contribution in [-0.4, -0.2) is 6.61 Å². The summed E-state index contributed by atoms with van der Waals surface area (Å²) in [7, 11) is 0. The highest BCUT2D eigenvalue weighted by molar-refractivity contribution is 7.75. The second-order valence-electron chi connectivity index (χ2n) is 4.02. The molecule has 0 radical (unpaired) electrons. The first-order valence-corrected chi connectivity index (χ1v) is 6.54. The maximum Gasteiger partial charge on any atom is 0.0610 e. The monoisotopic (exact) mass is 218 g/mol. The van der Waals surface area contributed by atoms with Crippen molar-refractivity contribution in [1.29, 1.82) is 0 Å². The predicted molar refractivity (Wildman–Crippen MR) is 66.8 cm³/mol. The molecule has 0 aromatic rings. The molecule has 0 rings (SSSR count). The third-order valence-electron chi connectivity index (χ3n) is 2.59. The van der Waals surface area contributed by atoms with Crippen LogP contribution in [0.2, 0.25) is 0 Å². The number of unbranched alkanes of at least 4 members (excludes halogenated alkanes) is 9. The largest absolute Gasteiger partial charge is 0.319 e. The Morgan fingerprint density at radius 2 is 1.14 bits per heavy atom. The molecule has 0 saturated carbocycles. The fraction of sp³-hybridized carbons (Fsp3) is 1.00. The third kappa shape index (κ3) is 12.3. The molecule has 0 spiro atoms. The molecule has 0 aliphatic rings. The molecule has 0 aliphatic heterocycles. The quantitative estimate of drug-likeness (QED) is 0.298. The van der Waals surface area contributed by atoms with Crippen LogP contribution in [0, 0.1) is 0 Å². The van der Waals surface area contributed by atoms with Crippen LogP contribution in [0.3, 0.4) is 0 Å². The minimum atomic E-state index is 0.805. The molecule has 1 nitrogen and oxygen atoms in total. The van der Waals surface area contributed by atoms with Gasteiger partial charge in [-0.25, -0.2) is 0 Å². The Morgan fingerprint density at radius 1 is 0.714 bits per heavy atom. The first-order chi connectivity index (χ1) is 6.91. The zero-order chi connectivity index (χ0) is 10.5. The molecule has 0 N–H and O–H groups in total. The van der Waals surface area contributed by atoms with Crippen LogP contribution < -0.4 is 0 Å². The van der Waals surface area contributed by atoms with Gasteiger partial charge in [0.05, 0.1) is 6.61 Å². The van der Waals surface area contributed by atoms with E-state index in [4.69, 9.17) is 4.18 Å². The summed E-state index contributed by atoms with van der Waals surface area (Å²) in [5.41, 5.74) is 0. The van der Waals surface area contributed by atoms with Crippen molar-refractivity contribution >= 4 is 12.9 Å². The summed E-state index contributed by atoms with van der Waals surface area (Å²) < 4.78 is 4.71. The highest BCUT2D eigenvalue weighted by atomic mass is 32.1. The Bertz CT molecular complexity index is 84.3. The van der Waals surface area contributed by atoms with Crippen molar-refractivity contribution in [2.75, 3.05) is 6.61 Å². The molecule has 0 saturated heterocycles. The minimum absolute atomic E-state index is 0.805. The van der Waals surface area contributed by atoms with Crippen molar-refractivity contribution in [3.05, 3.63) is 0 Å². The fourth-order valence-electron chi connectivity index (χ4n) is 1.65. The normalized spacial score (nSPS) is 10.7. The van der Waals surface area contributed by atoms with E-state index in [1.54, 1.807) is 0 Å². The number of rotatable bonds is 11. The summed E-state index contributed by atoms with van der Waals surface area (Å²) in [5.74, 6) is 0. The second kappa shape index (κ2) is 13.3. The molecule has 0 heterocycles. The zero-order valence-corrected chi connectivity index (χ0v) is 10.5. The molecule has 0 aliphatic carbocycles. The molecule has 2 heteroatoms. The Balaban J connectivity index is 2.78. The van der Waals surface area contributed by atoms with Gasteiger partial charge in [-0.2, -0.15) is 0 Å². The van der Waals surface area contributed by atoms with Gasteiger partial charge in [-0.15, -0.1) is 0 Å². The first-order valence-electron chi connectivity index (χ1n) is 6.18. The molecule has 0 fully saturated rings. The van der Waals surface area contributed by atoms with Gasteiger partial charge in [-0.3, -0.25) is 0 Å². The number of thiol groups is 1. The molecule has 0 amide bonds. The topological polar surface area (TPSA) is 9.23 Å². The molecule has 0 unspecified atom stereocenters. The average Bonchev–Trinajstić information content (AvgIpc) is 2.21. The standard InChI is InChI=1S/C12H26OS/c1-2-3-4-5-6-7-8-9-10-11-12-13-14/h14H,2-12H2,1H3. The number of hydrogen-bond donors (Lipinski definition) is 1. The Hall–Kier alpha value is 0.310. The van der Waals surface area contributed by atoms with Crippen molar-refractivity contribution in [1.82, 2.24) is 0 Å². The van der Waals surface area contributed by atoms with Gasteiger partial charge in [0.25, 0.3) is 0 Å². The summed E-state index contributed by atoms with van der Waals surface area (Å²) >= 11 is 3.71. The fourth-order valence-corrected chi connectivity index (χ4v) is 1.78. The van der Waals surface area contributed by atoms with Crippen LogP contribution in [0.5, 0.6) is 0 Å². The number of hydrogen-bond acceptors (Lipinski definition) is 2. The lowest BCUT2D eigenvalue weighted by atomic mass is 10.1. The van der Waals surface area contributed by atoms with E-state index < -0.39 is 0 Å². The van der Waals surface area contributed by atoms with Crippen LogP contribution in [0.4, 0.5) is 0 Å². The van der Waals surface area contributed by atoms with Crippen LogP contribution >= 0.6 is 12.9 Å². The molecule has 0 bridgehead atoms. The van der Waals surface area contributed by atoms with Crippen LogP contribution in [0.1, 0.15) is 71.1 Å². The van der Waals surface area contributed by atoms with E-state index in [9.17, 15) is 0 Å². The van der Waals surface area contributed by atoms with Gasteiger partial charge in [0, 0.05) is 0 Å². The Labute approximate surface area is 95.2 Å². The summed E-state index contributed by atoms with van der Waals surface area (Å²) in [6, 6.07) is 0. The SMILES string of the molecule is CCCCCCCCCCCCOS. The third-order valence-corrected chi connectivity index (χ3v) is 2.77. The van der Waals surface area contributed by atoms with Gasteiger partial charge in [-0.05, 0) is 19.3 Å². The van der Waals surface area contributed by atoms with E-state index in [0.717, 1.165) is 6.61 Å². The lowest BCUT2D eigenvalue weighted by Crippen LogP contribution is -1.85. The lowest BCUT2D eigenvalue weighted by Gasteiger charge is -2.01. The molecular formula is C12H26OS. The Morgan fingerprint density at radius 3 is 1.57 bits per heavy atom. The van der Waals surface area contributed by atoms with E-state index in [2.05, 4.69) is 19.8 Å². The van der Waals surface area contributed by atoms with Crippen molar-refractivity contribution < 1.29 is 4.18 Å². The molecule has 14 heavy (non-hydrogen) atoms. The van der Waals surface area contributed by atoms with E-state index >= 15 is 0 Å². The zero-order valence-electron chi connectivity index (χ0n) is 9.63. The highest BCUT2D eigenvalue weighted by Crippen LogP contribution is 2.10. The van der Waals surface area contributed by atoms with Gasteiger partial charge >= 0.3 is 0 Å². The van der Waals surface area contributed by atoms with Gasteiger partial charge in [0.2, 0.25) is 0 Å². The summed E-state index contributed by atoms with van der Waals surface area (Å²) in [6.45, 7) is 3.07. The molecule has 0 aromatic carbocycles. The molecular weight excluding hydrogens is 192 g/mol. The van der Waals surface area contributed by atoms with Crippen molar-refractivity contribution in [3.8, 4) is 0 Å². The van der Waals surface area contributed by atoms with Crippen LogP contribution in [0.25, 0.3) is 0 Å². The van der Waals surface area contributed by atoms with E-state index in [1.165, 1.54) is 64.2 Å². The van der Waals surface area contributed by atoms with Gasteiger partial charge in [0.15, 0.2) is 0 Å². The maximum absolute atomic E-state index is 4.71. The Kier molecular flexibility index (Phi) is 13.6. The van der Waals surface area contributed by atoms with Gasteiger partial charge in [-0.1, -0.05) is 64.7 Å². The van der Waals surface area contributed by atoms with Gasteiger partial charge in [0.1, 0.15) is 0 Å². The van der Waals surface area contributed by atoms with Crippen LogP contribution in [0.15, 0.2) is 0 Å². The van der Waals surface area contributed by atoms with E-state index in [-0.39, 0.29) is 0 Å². The minimum Gasteiger partial charge on any atom is -0.319 e. The maximum atomic E-state index is 4.71. The second-order valence-corrected chi connectivity index (χ2v) is 4.27. The van der Waals surface area contributed by atoms with E-state index in [1.807, 2.05) is 0 Å². The average molecular weight is 218 g/mol. The summed E-state index contributed by atoms with van der Waals surface area (Å²) in [6.07, 6.45) is 13.7. The van der Waals surface area contributed by atoms with Crippen LogP contribution in [-0.2, 0) is 4.18 Å². The highest BCUT2D eigenvalue weighted by Gasteiger charge is 1.91. The molecule has 86 valence electrons. The van der Waals surface area contributed by atoms with Crippen molar-refractivity contribution in [3.63, 3.8) is 0 Å². The summed E-state index contributed by atoms with van der Waals surface area (Å²) in [5, 5.41) is 0. The first kappa shape index (κ1) is 14.3. The smallest absolute Gasteiger partial charge is 0.0610 e. The van der Waals surface area contributed by atoms with Gasteiger partial charge < -0.3 is 4.18 Å². The van der Waals surface area contributed by atoms with E-state index in [0.29, 0.717) is 0 Å². The van der Waals surface area contributed by atoms with Crippen molar-refractivity contribution in [2.24, 2.45) is 0 Å². The molecule has 0 atom stereocenters. The van der Waals surface area contributed by atoms with Crippen molar-refractivity contribution in [2.45, 2.75) is 71.1 Å². The lowest BCUT2D eigenvalue weighted by molar-refractivity contribution is 0.361.